The zero-order chi connectivity index (χ0) is 21.6. The highest BCUT2D eigenvalue weighted by atomic mass is 16.5. The molecular formula is C25H27N3O3. The second kappa shape index (κ2) is 9.60. The second-order valence-corrected chi connectivity index (χ2v) is 7.85. The van der Waals surface area contributed by atoms with E-state index in [1.54, 1.807) is 0 Å². The van der Waals surface area contributed by atoms with Crippen molar-refractivity contribution in [3.8, 4) is 0 Å². The molecule has 0 radical (unpaired) electrons. The third kappa shape index (κ3) is 5.02. The molecule has 4 rings (SSSR count). The van der Waals surface area contributed by atoms with Crippen molar-refractivity contribution >= 4 is 28.6 Å². The fourth-order valence-corrected chi connectivity index (χ4v) is 3.91. The Balaban J connectivity index is 1.39. The number of benzene rings is 2. The van der Waals surface area contributed by atoms with Gasteiger partial charge in [-0.2, -0.15) is 0 Å². The Kier molecular flexibility index (Phi) is 6.46. The van der Waals surface area contributed by atoms with Crippen molar-refractivity contribution in [1.29, 1.82) is 0 Å². The summed E-state index contributed by atoms with van der Waals surface area (Å²) in [6.45, 7) is 3.97. The van der Waals surface area contributed by atoms with Crippen LogP contribution in [0.2, 0.25) is 0 Å². The summed E-state index contributed by atoms with van der Waals surface area (Å²) in [5.74, 6) is -0.186. The van der Waals surface area contributed by atoms with Gasteiger partial charge in [-0.05, 0) is 49.4 Å². The highest BCUT2D eigenvalue weighted by Crippen LogP contribution is 2.27. The van der Waals surface area contributed by atoms with Gasteiger partial charge in [-0.15, -0.1) is 0 Å². The van der Waals surface area contributed by atoms with Crippen LogP contribution in [0.3, 0.4) is 0 Å². The van der Waals surface area contributed by atoms with E-state index in [2.05, 4.69) is 23.2 Å². The Hall–Kier alpha value is -3.41. The van der Waals surface area contributed by atoms with E-state index in [0.29, 0.717) is 17.9 Å². The Morgan fingerprint density at radius 2 is 1.81 bits per heavy atom. The van der Waals surface area contributed by atoms with E-state index in [4.69, 9.17) is 9.72 Å². The molecule has 2 heterocycles. The molecule has 2 aromatic carbocycles. The lowest BCUT2D eigenvalue weighted by atomic mass is 10.1. The molecular weight excluding hydrogens is 390 g/mol. The monoisotopic (exact) mass is 417 g/mol. The van der Waals surface area contributed by atoms with Crippen LogP contribution in [0.25, 0.3) is 10.9 Å². The predicted octanol–water partition coefficient (Wildman–Crippen LogP) is 3.66. The molecule has 1 amide bonds. The number of fused-ring (bicyclic) bond motifs is 1. The van der Waals surface area contributed by atoms with Crippen molar-refractivity contribution in [3.63, 3.8) is 0 Å². The van der Waals surface area contributed by atoms with Crippen LogP contribution < -0.4 is 10.2 Å². The topological polar surface area (TPSA) is 71.5 Å². The number of aryl methyl sites for hydroxylation is 1. The fraction of sp³-hybridized carbons (Fsp3) is 0.320. The average molecular weight is 418 g/mol. The Morgan fingerprint density at radius 1 is 1.06 bits per heavy atom. The zero-order valence-corrected chi connectivity index (χ0v) is 17.8. The molecule has 0 atom stereocenters. The van der Waals surface area contributed by atoms with Gasteiger partial charge in [0.05, 0.1) is 5.52 Å². The molecule has 6 nitrogen and oxygen atoms in total. The maximum Gasteiger partial charge on any atom is 0.342 e. The molecule has 3 aromatic rings. The van der Waals surface area contributed by atoms with E-state index in [1.165, 1.54) is 11.1 Å². The predicted molar refractivity (Wildman–Crippen MR) is 121 cm³/mol. The SMILES string of the molecule is Cc1ccccc1CCNC(=O)COC(=O)c1cc2ccccc2nc1N1CCCC1. The van der Waals surface area contributed by atoms with Crippen LogP contribution in [0.1, 0.15) is 34.3 Å². The molecule has 0 bridgehead atoms. The van der Waals surface area contributed by atoms with Gasteiger partial charge in [0.2, 0.25) is 0 Å². The highest BCUT2D eigenvalue weighted by Gasteiger charge is 2.23. The number of amides is 1. The highest BCUT2D eigenvalue weighted by molar-refractivity contribution is 6.00. The number of para-hydroxylation sites is 1. The largest absolute Gasteiger partial charge is 0.452 e. The number of esters is 1. The lowest BCUT2D eigenvalue weighted by Gasteiger charge is -2.20. The van der Waals surface area contributed by atoms with Crippen LogP contribution in [-0.4, -0.2) is 43.1 Å². The number of anilines is 1. The Bertz CT molecular complexity index is 1090. The Morgan fingerprint density at radius 3 is 2.61 bits per heavy atom. The lowest BCUT2D eigenvalue weighted by molar-refractivity contribution is -0.124. The first-order chi connectivity index (χ1) is 15.1. The molecule has 1 fully saturated rings. The van der Waals surface area contributed by atoms with E-state index in [0.717, 1.165) is 43.3 Å². The summed E-state index contributed by atoms with van der Waals surface area (Å²) in [5.41, 5.74) is 3.64. The molecule has 160 valence electrons. The first-order valence-electron chi connectivity index (χ1n) is 10.7. The van der Waals surface area contributed by atoms with Crippen LogP contribution in [0, 0.1) is 6.92 Å². The van der Waals surface area contributed by atoms with Crippen LogP contribution in [0.5, 0.6) is 0 Å². The number of pyridine rings is 1. The first kappa shape index (κ1) is 20.8. The van der Waals surface area contributed by atoms with Crippen molar-refractivity contribution in [1.82, 2.24) is 10.3 Å². The number of carbonyl (C=O) groups is 2. The summed E-state index contributed by atoms with van der Waals surface area (Å²) in [6.07, 6.45) is 2.89. The minimum Gasteiger partial charge on any atom is -0.452 e. The maximum atomic E-state index is 12.8. The average Bonchev–Trinajstić information content (AvgIpc) is 3.33. The second-order valence-electron chi connectivity index (χ2n) is 7.85. The number of hydrogen-bond acceptors (Lipinski definition) is 5. The molecule has 6 heteroatoms. The van der Waals surface area contributed by atoms with Crippen molar-refractivity contribution in [3.05, 3.63) is 71.3 Å². The molecule has 1 saturated heterocycles. The van der Waals surface area contributed by atoms with Gasteiger partial charge < -0.3 is 15.0 Å². The van der Waals surface area contributed by atoms with Crippen molar-refractivity contribution < 1.29 is 14.3 Å². The number of nitrogens with one attached hydrogen (secondary N) is 1. The van der Waals surface area contributed by atoms with Gasteiger partial charge in [-0.25, -0.2) is 9.78 Å². The van der Waals surface area contributed by atoms with Crippen LogP contribution in [0.4, 0.5) is 5.82 Å². The van der Waals surface area contributed by atoms with Gasteiger partial charge in [-0.1, -0.05) is 42.5 Å². The summed E-state index contributed by atoms with van der Waals surface area (Å²) >= 11 is 0. The van der Waals surface area contributed by atoms with Crippen molar-refractivity contribution in [2.24, 2.45) is 0 Å². The summed E-state index contributed by atoms with van der Waals surface area (Å²) in [4.78, 5) is 31.9. The van der Waals surface area contributed by atoms with Crippen LogP contribution >= 0.6 is 0 Å². The molecule has 0 spiro atoms. The van der Waals surface area contributed by atoms with Gasteiger partial charge in [0.25, 0.3) is 5.91 Å². The molecule has 1 N–H and O–H groups in total. The van der Waals surface area contributed by atoms with E-state index >= 15 is 0 Å². The third-order valence-corrected chi connectivity index (χ3v) is 5.64. The zero-order valence-electron chi connectivity index (χ0n) is 17.8. The van der Waals surface area contributed by atoms with E-state index < -0.39 is 5.97 Å². The van der Waals surface area contributed by atoms with Gasteiger partial charge in [-0.3, -0.25) is 4.79 Å². The normalized spacial score (nSPS) is 13.4. The summed E-state index contributed by atoms with van der Waals surface area (Å²) in [6, 6.07) is 17.6. The first-order valence-corrected chi connectivity index (χ1v) is 10.7. The lowest BCUT2D eigenvalue weighted by Crippen LogP contribution is -2.31. The molecule has 1 aromatic heterocycles. The standard InChI is InChI=1S/C25H27N3O3/c1-18-8-2-3-9-19(18)12-13-26-23(29)17-31-25(30)21-16-20-10-4-5-11-22(20)27-24(21)28-14-6-7-15-28/h2-5,8-11,16H,6-7,12-15,17H2,1H3,(H,26,29). The van der Waals surface area contributed by atoms with Crippen molar-refractivity contribution in [2.75, 3.05) is 31.1 Å². The molecule has 1 aliphatic heterocycles. The number of hydrogen-bond donors (Lipinski definition) is 1. The molecule has 0 aliphatic carbocycles. The maximum absolute atomic E-state index is 12.8. The molecule has 31 heavy (non-hydrogen) atoms. The van der Waals surface area contributed by atoms with Crippen LogP contribution in [0.15, 0.2) is 54.6 Å². The number of rotatable bonds is 7. The van der Waals surface area contributed by atoms with E-state index in [1.807, 2.05) is 48.5 Å². The van der Waals surface area contributed by atoms with Crippen LogP contribution in [-0.2, 0) is 16.0 Å². The minimum absolute atomic E-state index is 0.307. The summed E-state index contributed by atoms with van der Waals surface area (Å²) in [7, 11) is 0. The smallest absolute Gasteiger partial charge is 0.342 e. The van der Waals surface area contributed by atoms with Crippen molar-refractivity contribution in [2.45, 2.75) is 26.2 Å². The molecule has 0 saturated carbocycles. The van der Waals surface area contributed by atoms with Gasteiger partial charge in [0, 0.05) is 25.0 Å². The third-order valence-electron chi connectivity index (χ3n) is 5.64. The Labute approximate surface area is 182 Å². The molecule has 0 unspecified atom stereocenters. The number of carbonyl (C=O) groups excluding carboxylic acids is 2. The number of ether oxygens (including phenoxy) is 1. The number of aromatic nitrogens is 1. The number of nitrogens with zero attached hydrogens (tertiary/aromatic N) is 2. The van der Waals surface area contributed by atoms with E-state index in [9.17, 15) is 9.59 Å². The van der Waals surface area contributed by atoms with Gasteiger partial charge >= 0.3 is 5.97 Å². The summed E-state index contributed by atoms with van der Waals surface area (Å²) in [5, 5.41) is 3.70. The van der Waals surface area contributed by atoms with E-state index in [-0.39, 0.29) is 12.5 Å². The minimum atomic E-state index is -0.519. The fourth-order valence-electron chi connectivity index (χ4n) is 3.91. The van der Waals surface area contributed by atoms with Gasteiger partial charge in [0.15, 0.2) is 6.61 Å². The molecule has 1 aliphatic rings. The quantitative estimate of drug-likeness (QED) is 0.594. The summed E-state index contributed by atoms with van der Waals surface area (Å²) < 4.78 is 5.35. The van der Waals surface area contributed by atoms with Gasteiger partial charge in [0.1, 0.15) is 11.4 Å².